The summed E-state index contributed by atoms with van der Waals surface area (Å²) in [7, 11) is -3.55. The minimum atomic E-state index is -3.55. The molecule has 0 heterocycles. The lowest BCUT2D eigenvalue weighted by Gasteiger charge is -2.15. The molecule has 0 amide bonds. The quantitative estimate of drug-likeness (QED) is 0.904. The van der Waals surface area contributed by atoms with Gasteiger partial charge in [-0.2, -0.15) is 0 Å². The Morgan fingerprint density at radius 1 is 1.12 bits per heavy atom. The van der Waals surface area contributed by atoms with Crippen LogP contribution in [0.5, 0.6) is 0 Å². The van der Waals surface area contributed by atoms with Gasteiger partial charge in [0.2, 0.25) is 10.0 Å². The fraction of sp³-hybridized carbons (Fsp3) is 0.455. The van der Waals surface area contributed by atoms with E-state index in [-0.39, 0.29) is 10.9 Å². The van der Waals surface area contributed by atoms with Crippen LogP contribution in [-0.2, 0) is 10.0 Å². The molecular formula is C11H15Cl2NO2S. The zero-order chi connectivity index (χ0) is 13.1. The molecule has 1 N–H and O–H groups in total. The average Bonchev–Trinajstić information content (AvgIpc) is 2.24. The minimum absolute atomic E-state index is 0.0715. The van der Waals surface area contributed by atoms with Crippen LogP contribution in [-0.4, -0.2) is 14.5 Å². The van der Waals surface area contributed by atoms with E-state index in [2.05, 4.69) is 4.72 Å². The Morgan fingerprint density at radius 2 is 1.59 bits per heavy atom. The van der Waals surface area contributed by atoms with E-state index < -0.39 is 10.0 Å². The maximum absolute atomic E-state index is 12.0. The predicted molar refractivity (Wildman–Crippen MR) is 71.2 cm³/mol. The Bertz CT molecular complexity index is 464. The van der Waals surface area contributed by atoms with Gasteiger partial charge in [-0.15, -0.1) is 0 Å². The van der Waals surface area contributed by atoms with E-state index in [1.807, 2.05) is 13.8 Å². The third kappa shape index (κ3) is 4.14. The molecule has 0 fully saturated rings. The van der Waals surface area contributed by atoms with Crippen molar-refractivity contribution in [3.05, 3.63) is 28.2 Å². The van der Waals surface area contributed by atoms with Crippen molar-refractivity contribution in [3.8, 4) is 0 Å². The predicted octanol–water partition coefficient (Wildman–Crippen LogP) is 3.46. The van der Waals surface area contributed by atoms with E-state index in [1.54, 1.807) is 0 Å². The average molecular weight is 296 g/mol. The molecule has 0 bridgehead atoms. The summed E-state index contributed by atoms with van der Waals surface area (Å²) in [6.07, 6.45) is 1.48. The van der Waals surface area contributed by atoms with E-state index in [4.69, 9.17) is 23.2 Å². The van der Waals surface area contributed by atoms with Crippen LogP contribution in [0.25, 0.3) is 0 Å². The SMILES string of the molecule is CCC(CC)NS(=O)(=O)c1cc(Cl)cc(Cl)c1. The van der Waals surface area contributed by atoms with Crippen molar-refractivity contribution in [2.45, 2.75) is 37.6 Å². The summed E-state index contributed by atoms with van der Waals surface area (Å²) < 4.78 is 26.7. The number of nitrogens with one attached hydrogen (secondary N) is 1. The van der Waals surface area contributed by atoms with Crippen LogP contribution in [0, 0.1) is 0 Å². The first-order valence-electron chi connectivity index (χ1n) is 5.37. The van der Waals surface area contributed by atoms with Gasteiger partial charge in [0.15, 0.2) is 0 Å². The standard InChI is InChI=1S/C11H15Cl2NO2S/c1-3-10(4-2)14-17(15,16)11-6-8(12)5-9(13)7-11/h5-7,10,14H,3-4H2,1-2H3. The van der Waals surface area contributed by atoms with E-state index in [9.17, 15) is 8.42 Å². The molecule has 6 heteroatoms. The van der Waals surface area contributed by atoms with Crippen LogP contribution in [0.1, 0.15) is 26.7 Å². The number of rotatable bonds is 5. The number of hydrogen-bond acceptors (Lipinski definition) is 2. The van der Waals surface area contributed by atoms with E-state index in [0.717, 1.165) is 12.8 Å². The Labute approximate surface area is 112 Å². The first-order chi connectivity index (χ1) is 7.89. The molecule has 0 aromatic heterocycles. The topological polar surface area (TPSA) is 46.2 Å². The van der Waals surface area contributed by atoms with E-state index in [0.29, 0.717) is 10.0 Å². The van der Waals surface area contributed by atoms with Crippen LogP contribution in [0.15, 0.2) is 23.1 Å². The first kappa shape index (κ1) is 14.8. The van der Waals surface area contributed by atoms with E-state index in [1.165, 1.54) is 18.2 Å². The second kappa shape index (κ2) is 6.05. The molecule has 3 nitrogen and oxygen atoms in total. The lowest BCUT2D eigenvalue weighted by atomic mass is 10.2. The van der Waals surface area contributed by atoms with Crippen LogP contribution in [0.4, 0.5) is 0 Å². The maximum Gasteiger partial charge on any atom is 0.240 e. The minimum Gasteiger partial charge on any atom is -0.208 e. The smallest absolute Gasteiger partial charge is 0.208 e. The van der Waals surface area contributed by atoms with Crippen molar-refractivity contribution in [1.29, 1.82) is 0 Å². The second-order valence-electron chi connectivity index (χ2n) is 3.74. The molecule has 0 radical (unpaired) electrons. The molecule has 0 saturated carbocycles. The molecule has 1 aromatic carbocycles. The highest BCUT2D eigenvalue weighted by Crippen LogP contribution is 2.22. The van der Waals surface area contributed by atoms with Crippen LogP contribution in [0.3, 0.4) is 0 Å². The zero-order valence-electron chi connectivity index (χ0n) is 9.70. The maximum atomic E-state index is 12.0. The summed E-state index contributed by atoms with van der Waals surface area (Å²) in [5, 5.41) is 0.616. The van der Waals surface area contributed by atoms with Gasteiger partial charge in [-0.3, -0.25) is 0 Å². The first-order valence-corrected chi connectivity index (χ1v) is 7.61. The highest BCUT2D eigenvalue weighted by atomic mass is 35.5. The fourth-order valence-electron chi connectivity index (χ4n) is 1.43. The summed E-state index contributed by atoms with van der Waals surface area (Å²) >= 11 is 11.6. The third-order valence-corrected chi connectivity index (χ3v) is 4.39. The van der Waals surface area contributed by atoms with Gasteiger partial charge in [0.1, 0.15) is 0 Å². The van der Waals surface area contributed by atoms with Crippen molar-refractivity contribution < 1.29 is 8.42 Å². The largest absolute Gasteiger partial charge is 0.240 e. The summed E-state index contributed by atoms with van der Waals surface area (Å²) in [4.78, 5) is 0.0990. The molecule has 1 rings (SSSR count). The van der Waals surface area contributed by atoms with E-state index >= 15 is 0 Å². The van der Waals surface area contributed by atoms with Gasteiger partial charge in [-0.05, 0) is 31.0 Å². The molecule has 0 spiro atoms. The van der Waals surface area contributed by atoms with Gasteiger partial charge >= 0.3 is 0 Å². The summed E-state index contributed by atoms with van der Waals surface area (Å²) in [5.41, 5.74) is 0. The van der Waals surface area contributed by atoms with Crippen molar-refractivity contribution in [2.75, 3.05) is 0 Å². The summed E-state index contributed by atoms with van der Waals surface area (Å²) in [6.45, 7) is 3.86. The van der Waals surface area contributed by atoms with Crippen LogP contribution in [0.2, 0.25) is 10.0 Å². The van der Waals surface area contributed by atoms with Crippen molar-refractivity contribution in [1.82, 2.24) is 4.72 Å². The molecule has 0 aliphatic heterocycles. The molecule has 17 heavy (non-hydrogen) atoms. The van der Waals surface area contributed by atoms with Crippen LogP contribution >= 0.6 is 23.2 Å². The number of sulfonamides is 1. The van der Waals surface area contributed by atoms with Gasteiger partial charge in [-0.25, -0.2) is 13.1 Å². The summed E-state index contributed by atoms with van der Waals surface area (Å²) in [5.74, 6) is 0. The van der Waals surface area contributed by atoms with Gasteiger partial charge in [0.05, 0.1) is 4.90 Å². The van der Waals surface area contributed by atoms with Crippen molar-refractivity contribution in [3.63, 3.8) is 0 Å². The normalized spacial score (nSPS) is 12.1. The lowest BCUT2D eigenvalue weighted by molar-refractivity contribution is 0.530. The molecule has 0 saturated heterocycles. The van der Waals surface area contributed by atoms with Gasteiger partial charge in [-0.1, -0.05) is 37.0 Å². The molecule has 0 aliphatic carbocycles. The van der Waals surface area contributed by atoms with Crippen LogP contribution < -0.4 is 4.72 Å². The Balaban J connectivity index is 3.04. The monoisotopic (exact) mass is 295 g/mol. The molecule has 96 valence electrons. The zero-order valence-corrected chi connectivity index (χ0v) is 12.0. The molecular weight excluding hydrogens is 281 g/mol. The van der Waals surface area contributed by atoms with Gasteiger partial charge in [0.25, 0.3) is 0 Å². The number of benzene rings is 1. The molecule has 1 aromatic rings. The second-order valence-corrected chi connectivity index (χ2v) is 6.33. The number of halogens is 2. The Morgan fingerprint density at radius 3 is 2.00 bits per heavy atom. The van der Waals surface area contributed by atoms with Gasteiger partial charge < -0.3 is 0 Å². The highest BCUT2D eigenvalue weighted by molar-refractivity contribution is 7.89. The molecule has 0 atom stereocenters. The van der Waals surface area contributed by atoms with Crippen molar-refractivity contribution in [2.24, 2.45) is 0 Å². The summed E-state index contributed by atoms with van der Waals surface area (Å²) in [6, 6.07) is 4.20. The van der Waals surface area contributed by atoms with Crippen molar-refractivity contribution >= 4 is 33.2 Å². The lowest BCUT2D eigenvalue weighted by Crippen LogP contribution is -2.33. The highest BCUT2D eigenvalue weighted by Gasteiger charge is 2.18. The third-order valence-electron chi connectivity index (χ3n) is 2.45. The fourth-order valence-corrected chi connectivity index (χ4v) is 3.55. The Hall–Kier alpha value is -0.290. The number of hydrogen-bond donors (Lipinski definition) is 1. The van der Waals surface area contributed by atoms with Gasteiger partial charge in [0, 0.05) is 16.1 Å². The molecule has 0 unspecified atom stereocenters. The molecule has 0 aliphatic rings. The Kier molecular flexibility index (Phi) is 5.25.